The van der Waals surface area contributed by atoms with E-state index in [0.29, 0.717) is 5.92 Å². The fourth-order valence-electron chi connectivity index (χ4n) is 3.76. The summed E-state index contributed by atoms with van der Waals surface area (Å²) in [5, 5.41) is 7.77. The highest BCUT2D eigenvalue weighted by atomic mass is 15.3. The number of aryl methyl sites for hydroxylation is 2. The van der Waals surface area contributed by atoms with Crippen LogP contribution in [0.2, 0.25) is 0 Å². The van der Waals surface area contributed by atoms with Crippen LogP contribution in [0.15, 0.2) is 41.7 Å². The van der Waals surface area contributed by atoms with Gasteiger partial charge in [0.1, 0.15) is 0 Å². The van der Waals surface area contributed by atoms with Crippen molar-refractivity contribution in [2.24, 2.45) is 18.0 Å². The van der Waals surface area contributed by atoms with E-state index in [2.05, 4.69) is 59.6 Å². The van der Waals surface area contributed by atoms with Gasteiger partial charge in [0.2, 0.25) is 0 Å². The molecule has 2 aromatic rings. The quantitative estimate of drug-likeness (QED) is 0.604. The predicted octanol–water partition coefficient (Wildman–Crippen LogP) is 3.06. The van der Waals surface area contributed by atoms with E-state index in [1.165, 1.54) is 23.1 Å². The van der Waals surface area contributed by atoms with Crippen LogP contribution in [0.4, 0.5) is 0 Å². The van der Waals surface area contributed by atoms with Gasteiger partial charge in [0.15, 0.2) is 5.96 Å². The molecule has 146 valence electrons. The van der Waals surface area contributed by atoms with Gasteiger partial charge < -0.3 is 10.2 Å². The Hall–Kier alpha value is -2.30. The Morgan fingerprint density at radius 2 is 1.96 bits per heavy atom. The molecule has 1 aliphatic heterocycles. The van der Waals surface area contributed by atoms with Crippen LogP contribution < -0.4 is 5.32 Å². The topological polar surface area (TPSA) is 45.5 Å². The first kappa shape index (κ1) is 19.5. The SMILES string of the molecule is CCNC(=NCCc1ccc(CC)cc1)N1CCC(Cc2cnn(C)c2)C1. The van der Waals surface area contributed by atoms with Crippen molar-refractivity contribution in [1.29, 1.82) is 0 Å². The molecule has 1 aromatic carbocycles. The largest absolute Gasteiger partial charge is 0.357 e. The molecular weight excluding hydrogens is 334 g/mol. The second kappa shape index (κ2) is 9.58. The van der Waals surface area contributed by atoms with Gasteiger partial charge in [-0.15, -0.1) is 0 Å². The maximum absolute atomic E-state index is 4.89. The molecule has 0 amide bonds. The summed E-state index contributed by atoms with van der Waals surface area (Å²) in [5.74, 6) is 1.75. The van der Waals surface area contributed by atoms with Gasteiger partial charge in [-0.2, -0.15) is 5.10 Å². The van der Waals surface area contributed by atoms with Crippen molar-refractivity contribution < 1.29 is 0 Å². The van der Waals surface area contributed by atoms with Crippen LogP contribution in [0.25, 0.3) is 0 Å². The number of nitrogens with zero attached hydrogens (tertiary/aromatic N) is 4. The Morgan fingerprint density at radius 3 is 2.63 bits per heavy atom. The van der Waals surface area contributed by atoms with Crippen molar-refractivity contribution in [2.75, 3.05) is 26.2 Å². The zero-order valence-electron chi connectivity index (χ0n) is 17.0. The summed E-state index contributed by atoms with van der Waals surface area (Å²) in [6.45, 7) is 8.24. The van der Waals surface area contributed by atoms with Gasteiger partial charge in [-0.1, -0.05) is 31.2 Å². The van der Waals surface area contributed by atoms with Crippen molar-refractivity contribution in [2.45, 2.75) is 39.5 Å². The molecule has 3 rings (SSSR count). The molecule has 1 saturated heterocycles. The van der Waals surface area contributed by atoms with Crippen LogP contribution in [0.1, 0.15) is 37.0 Å². The molecule has 5 heteroatoms. The highest BCUT2D eigenvalue weighted by Crippen LogP contribution is 2.20. The highest BCUT2D eigenvalue weighted by molar-refractivity contribution is 5.80. The monoisotopic (exact) mass is 367 g/mol. The van der Waals surface area contributed by atoms with Crippen LogP contribution in [0.3, 0.4) is 0 Å². The van der Waals surface area contributed by atoms with Crippen LogP contribution >= 0.6 is 0 Å². The first-order valence-electron chi connectivity index (χ1n) is 10.3. The minimum absolute atomic E-state index is 0.680. The van der Waals surface area contributed by atoms with E-state index >= 15 is 0 Å². The van der Waals surface area contributed by atoms with Crippen molar-refractivity contribution in [3.63, 3.8) is 0 Å². The Kier molecular flexibility index (Phi) is 6.91. The molecule has 1 aromatic heterocycles. The number of aromatic nitrogens is 2. The lowest BCUT2D eigenvalue weighted by atomic mass is 10.0. The molecule has 0 spiro atoms. The van der Waals surface area contributed by atoms with Gasteiger partial charge in [-0.25, -0.2) is 0 Å². The Labute approximate surface area is 163 Å². The smallest absolute Gasteiger partial charge is 0.193 e. The van der Waals surface area contributed by atoms with Gasteiger partial charge >= 0.3 is 0 Å². The third kappa shape index (κ3) is 5.59. The lowest BCUT2D eigenvalue weighted by Crippen LogP contribution is -2.40. The average Bonchev–Trinajstić information content (AvgIpc) is 3.31. The Bertz CT molecular complexity index is 731. The maximum Gasteiger partial charge on any atom is 0.193 e. The van der Waals surface area contributed by atoms with E-state index in [4.69, 9.17) is 4.99 Å². The lowest BCUT2D eigenvalue weighted by molar-refractivity contribution is 0.460. The third-order valence-corrected chi connectivity index (χ3v) is 5.30. The van der Waals surface area contributed by atoms with Crippen LogP contribution in [-0.4, -0.2) is 46.8 Å². The van der Waals surface area contributed by atoms with E-state index in [9.17, 15) is 0 Å². The normalized spacial score (nSPS) is 17.5. The number of hydrogen-bond donors (Lipinski definition) is 1. The van der Waals surface area contributed by atoms with E-state index < -0.39 is 0 Å². The summed E-state index contributed by atoms with van der Waals surface area (Å²) in [6.07, 6.45) is 8.53. The third-order valence-electron chi connectivity index (χ3n) is 5.30. The first-order chi connectivity index (χ1) is 13.2. The van der Waals surface area contributed by atoms with Crippen molar-refractivity contribution in [3.05, 3.63) is 53.3 Å². The van der Waals surface area contributed by atoms with Crippen LogP contribution in [0.5, 0.6) is 0 Å². The zero-order chi connectivity index (χ0) is 19.1. The lowest BCUT2D eigenvalue weighted by Gasteiger charge is -2.21. The number of nitrogens with one attached hydrogen (secondary N) is 1. The Morgan fingerprint density at radius 1 is 1.19 bits per heavy atom. The molecule has 0 bridgehead atoms. The van der Waals surface area contributed by atoms with Crippen LogP contribution in [0, 0.1) is 5.92 Å². The number of likely N-dealkylation sites (tertiary alicyclic amines) is 1. The Balaban J connectivity index is 1.53. The molecule has 1 atom stereocenters. The molecule has 5 nitrogen and oxygen atoms in total. The minimum Gasteiger partial charge on any atom is -0.357 e. The summed E-state index contributed by atoms with van der Waals surface area (Å²) in [5.41, 5.74) is 4.09. The number of guanidine groups is 1. The second-order valence-corrected chi connectivity index (χ2v) is 7.48. The molecule has 1 N–H and O–H groups in total. The van der Waals surface area contributed by atoms with E-state index in [0.717, 1.165) is 51.4 Å². The summed E-state index contributed by atoms with van der Waals surface area (Å²) >= 11 is 0. The van der Waals surface area contributed by atoms with E-state index in [1.807, 2.05) is 17.9 Å². The second-order valence-electron chi connectivity index (χ2n) is 7.48. The predicted molar refractivity (Wildman–Crippen MR) is 112 cm³/mol. The van der Waals surface area contributed by atoms with E-state index in [1.54, 1.807) is 0 Å². The average molecular weight is 368 g/mol. The van der Waals surface area contributed by atoms with Gasteiger partial charge in [0, 0.05) is 39.4 Å². The fourth-order valence-corrected chi connectivity index (χ4v) is 3.76. The molecule has 0 saturated carbocycles. The molecule has 0 radical (unpaired) electrons. The standard InChI is InChI=1S/C22H33N5/c1-4-18-6-8-19(9-7-18)10-12-24-22(23-5-2)27-13-11-20(17-27)14-21-15-25-26(3)16-21/h6-9,15-16,20H,4-5,10-14,17H2,1-3H3,(H,23,24). The maximum atomic E-state index is 4.89. The molecule has 0 aliphatic carbocycles. The molecule has 1 fully saturated rings. The molecular formula is C22H33N5. The molecule has 2 heterocycles. The first-order valence-corrected chi connectivity index (χ1v) is 10.3. The van der Waals surface area contributed by atoms with E-state index in [-0.39, 0.29) is 0 Å². The summed E-state index contributed by atoms with van der Waals surface area (Å²) in [6, 6.07) is 8.93. The van der Waals surface area contributed by atoms with Gasteiger partial charge in [0.25, 0.3) is 0 Å². The van der Waals surface area contributed by atoms with Crippen LogP contribution in [-0.2, 0) is 26.3 Å². The minimum atomic E-state index is 0.680. The van der Waals surface area contributed by atoms with Gasteiger partial charge in [-0.05, 0) is 55.2 Å². The highest BCUT2D eigenvalue weighted by Gasteiger charge is 2.25. The van der Waals surface area contributed by atoms with Gasteiger partial charge in [0.05, 0.1) is 6.20 Å². The summed E-state index contributed by atoms with van der Waals surface area (Å²) in [4.78, 5) is 7.32. The van der Waals surface area contributed by atoms with Crippen molar-refractivity contribution in [1.82, 2.24) is 20.0 Å². The zero-order valence-corrected chi connectivity index (χ0v) is 17.0. The molecule has 1 unspecified atom stereocenters. The van der Waals surface area contributed by atoms with Crippen molar-refractivity contribution in [3.8, 4) is 0 Å². The number of aliphatic imine (C=N–C) groups is 1. The molecule has 1 aliphatic rings. The number of hydrogen-bond acceptors (Lipinski definition) is 2. The fraction of sp³-hybridized carbons (Fsp3) is 0.545. The summed E-state index contributed by atoms with van der Waals surface area (Å²) < 4.78 is 1.89. The molecule has 27 heavy (non-hydrogen) atoms. The van der Waals surface area contributed by atoms with Gasteiger partial charge in [-0.3, -0.25) is 9.67 Å². The van der Waals surface area contributed by atoms with Crippen molar-refractivity contribution >= 4 is 5.96 Å². The summed E-state index contributed by atoms with van der Waals surface area (Å²) in [7, 11) is 1.98. The number of rotatable bonds is 7. The number of benzene rings is 1.